The molecule has 4 heteroatoms. The van der Waals surface area contributed by atoms with Crippen molar-refractivity contribution in [3.63, 3.8) is 0 Å². The highest BCUT2D eigenvalue weighted by Gasteiger charge is 2.20. The van der Waals surface area contributed by atoms with Crippen molar-refractivity contribution in [3.8, 4) is 0 Å². The third kappa shape index (κ3) is 2.57. The van der Waals surface area contributed by atoms with Crippen LogP contribution in [0.2, 0.25) is 0 Å². The Labute approximate surface area is 76.5 Å². The Kier molecular flexibility index (Phi) is 2.40. The average Bonchev–Trinajstić information content (AvgIpc) is 2.31. The first-order valence-corrected chi connectivity index (χ1v) is 4.07. The molecule has 0 aliphatic heterocycles. The standard InChI is InChI=1S/C9H13NO3/c1-9(2,3)4-7-6(8(11)12)5-10-13-7/h5H,4H2,1-3H3,(H,11,12). The number of carboxylic acids is 1. The van der Waals surface area contributed by atoms with Crippen LogP contribution < -0.4 is 0 Å². The zero-order valence-corrected chi connectivity index (χ0v) is 8.00. The van der Waals surface area contributed by atoms with E-state index in [-0.39, 0.29) is 11.0 Å². The van der Waals surface area contributed by atoms with E-state index in [9.17, 15) is 4.79 Å². The number of carbonyl (C=O) groups is 1. The molecule has 4 nitrogen and oxygen atoms in total. The summed E-state index contributed by atoms with van der Waals surface area (Å²) in [6.45, 7) is 6.05. The van der Waals surface area contributed by atoms with E-state index in [2.05, 4.69) is 5.16 Å². The fourth-order valence-electron chi connectivity index (χ4n) is 1.05. The predicted octanol–water partition coefficient (Wildman–Crippen LogP) is 1.96. The van der Waals surface area contributed by atoms with Gasteiger partial charge in [0, 0.05) is 6.42 Å². The molecule has 72 valence electrons. The van der Waals surface area contributed by atoms with Gasteiger partial charge in [-0.2, -0.15) is 0 Å². The number of rotatable bonds is 2. The van der Waals surface area contributed by atoms with E-state index >= 15 is 0 Å². The van der Waals surface area contributed by atoms with Crippen LogP contribution in [0.1, 0.15) is 36.9 Å². The Morgan fingerprint density at radius 2 is 2.23 bits per heavy atom. The molecule has 0 saturated carbocycles. The van der Waals surface area contributed by atoms with Crippen molar-refractivity contribution in [2.45, 2.75) is 27.2 Å². The Balaban J connectivity index is 2.89. The number of nitrogens with zero attached hydrogens (tertiary/aromatic N) is 1. The van der Waals surface area contributed by atoms with Gasteiger partial charge in [0.15, 0.2) is 5.76 Å². The van der Waals surface area contributed by atoms with Gasteiger partial charge in [0.25, 0.3) is 0 Å². The maximum Gasteiger partial charge on any atom is 0.340 e. The molecule has 0 amide bonds. The van der Waals surface area contributed by atoms with Crippen LogP contribution in [0.25, 0.3) is 0 Å². The highest BCUT2D eigenvalue weighted by Crippen LogP contribution is 2.22. The molecule has 1 aromatic rings. The summed E-state index contributed by atoms with van der Waals surface area (Å²) >= 11 is 0. The van der Waals surface area contributed by atoms with E-state index in [0.717, 1.165) is 0 Å². The third-order valence-corrected chi connectivity index (χ3v) is 1.57. The van der Waals surface area contributed by atoms with Crippen LogP contribution >= 0.6 is 0 Å². The van der Waals surface area contributed by atoms with Gasteiger partial charge >= 0.3 is 5.97 Å². The summed E-state index contributed by atoms with van der Waals surface area (Å²) in [7, 11) is 0. The number of carboxylic acid groups (broad SMARTS) is 1. The zero-order valence-electron chi connectivity index (χ0n) is 8.00. The molecule has 0 aliphatic rings. The fraction of sp³-hybridized carbons (Fsp3) is 0.556. The highest BCUT2D eigenvalue weighted by molar-refractivity contribution is 5.88. The predicted molar refractivity (Wildman–Crippen MR) is 46.6 cm³/mol. The van der Waals surface area contributed by atoms with Crippen molar-refractivity contribution in [1.29, 1.82) is 0 Å². The maximum atomic E-state index is 10.7. The summed E-state index contributed by atoms with van der Waals surface area (Å²) in [5, 5.41) is 12.2. The molecule has 1 rings (SSSR count). The molecule has 0 radical (unpaired) electrons. The first-order chi connectivity index (χ1) is 5.90. The Morgan fingerprint density at radius 1 is 1.62 bits per heavy atom. The van der Waals surface area contributed by atoms with E-state index in [1.807, 2.05) is 20.8 Å². The van der Waals surface area contributed by atoms with E-state index in [1.165, 1.54) is 6.20 Å². The molecule has 1 aromatic heterocycles. The molecular weight excluding hydrogens is 170 g/mol. The second-order valence-electron chi connectivity index (χ2n) is 4.21. The fourth-order valence-corrected chi connectivity index (χ4v) is 1.05. The smallest absolute Gasteiger partial charge is 0.340 e. The quantitative estimate of drug-likeness (QED) is 0.761. The second-order valence-corrected chi connectivity index (χ2v) is 4.21. The van der Waals surface area contributed by atoms with E-state index in [1.54, 1.807) is 0 Å². The summed E-state index contributed by atoms with van der Waals surface area (Å²) in [5.41, 5.74) is 0.166. The van der Waals surface area contributed by atoms with Gasteiger partial charge in [-0.15, -0.1) is 0 Å². The number of hydrogen-bond donors (Lipinski definition) is 1. The van der Waals surface area contributed by atoms with Gasteiger partial charge in [-0.1, -0.05) is 25.9 Å². The largest absolute Gasteiger partial charge is 0.478 e. The van der Waals surface area contributed by atoms with Crippen LogP contribution in [-0.4, -0.2) is 16.2 Å². The zero-order chi connectivity index (χ0) is 10.1. The summed E-state index contributed by atoms with van der Waals surface area (Å²) in [4.78, 5) is 10.7. The monoisotopic (exact) mass is 183 g/mol. The first kappa shape index (κ1) is 9.77. The van der Waals surface area contributed by atoms with Crippen LogP contribution in [0, 0.1) is 5.41 Å². The lowest BCUT2D eigenvalue weighted by molar-refractivity contribution is 0.0693. The van der Waals surface area contributed by atoms with Crippen molar-refractivity contribution in [3.05, 3.63) is 17.5 Å². The van der Waals surface area contributed by atoms with Gasteiger partial charge in [-0.25, -0.2) is 4.79 Å². The van der Waals surface area contributed by atoms with E-state index in [4.69, 9.17) is 9.63 Å². The van der Waals surface area contributed by atoms with E-state index in [0.29, 0.717) is 12.2 Å². The molecule has 13 heavy (non-hydrogen) atoms. The van der Waals surface area contributed by atoms with Crippen molar-refractivity contribution in [1.82, 2.24) is 5.16 Å². The lowest BCUT2D eigenvalue weighted by atomic mass is 9.90. The summed E-state index contributed by atoms with van der Waals surface area (Å²) in [6, 6.07) is 0. The number of aromatic carboxylic acids is 1. The molecule has 0 unspecified atom stereocenters. The SMILES string of the molecule is CC(C)(C)Cc1oncc1C(=O)O. The minimum Gasteiger partial charge on any atom is -0.478 e. The molecule has 0 saturated heterocycles. The molecule has 0 bridgehead atoms. The normalized spacial score (nSPS) is 11.6. The van der Waals surface area contributed by atoms with Crippen molar-refractivity contribution in [2.75, 3.05) is 0 Å². The van der Waals surface area contributed by atoms with Crippen LogP contribution in [0.3, 0.4) is 0 Å². The average molecular weight is 183 g/mol. The summed E-state index contributed by atoms with van der Waals surface area (Å²) in [5.74, 6) is -0.541. The topological polar surface area (TPSA) is 63.3 Å². The Hall–Kier alpha value is -1.32. The van der Waals surface area contributed by atoms with Crippen LogP contribution in [-0.2, 0) is 6.42 Å². The molecule has 1 N–H and O–H groups in total. The molecule has 0 aromatic carbocycles. The molecule has 0 aliphatic carbocycles. The lowest BCUT2D eigenvalue weighted by Gasteiger charge is -2.15. The summed E-state index contributed by atoms with van der Waals surface area (Å²) in [6.07, 6.45) is 1.82. The van der Waals surface area contributed by atoms with Crippen LogP contribution in [0.4, 0.5) is 0 Å². The van der Waals surface area contributed by atoms with Gasteiger partial charge in [-0.05, 0) is 5.41 Å². The van der Waals surface area contributed by atoms with Gasteiger partial charge < -0.3 is 9.63 Å². The van der Waals surface area contributed by atoms with Gasteiger partial charge in [-0.3, -0.25) is 0 Å². The van der Waals surface area contributed by atoms with Gasteiger partial charge in [0.05, 0.1) is 6.20 Å². The van der Waals surface area contributed by atoms with Crippen molar-refractivity contribution >= 4 is 5.97 Å². The van der Waals surface area contributed by atoms with Gasteiger partial charge in [0.1, 0.15) is 5.56 Å². The first-order valence-electron chi connectivity index (χ1n) is 4.07. The maximum absolute atomic E-state index is 10.7. The van der Waals surface area contributed by atoms with Gasteiger partial charge in [0.2, 0.25) is 0 Å². The Bertz CT molecular complexity index is 309. The third-order valence-electron chi connectivity index (χ3n) is 1.57. The molecular formula is C9H13NO3. The molecule has 0 atom stereocenters. The highest BCUT2D eigenvalue weighted by atomic mass is 16.5. The van der Waals surface area contributed by atoms with E-state index < -0.39 is 5.97 Å². The van der Waals surface area contributed by atoms with Crippen molar-refractivity contribution in [2.24, 2.45) is 5.41 Å². The van der Waals surface area contributed by atoms with Crippen LogP contribution in [0.15, 0.2) is 10.7 Å². The van der Waals surface area contributed by atoms with Crippen molar-refractivity contribution < 1.29 is 14.4 Å². The summed E-state index contributed by atoms with van der Waals surface area (Å²) < 4.78 is 4.87. The number of hydrogen-bond acceptors (Lipinski definition) is 3. The Morgan fingerprint density at radius 3 is 2.69 bits per heavy atom. The minimum absolute atomic E-state index is 0.00370. The molecule has 0 fully saturated rings. The second kappa shape index (κ2) is 3.20. The molecule has 1 heterocycles. The van der Waals surface area contributed by atoms with Crippen LogP contribution in [0.5, 0.6) is 0 Å². The lowest BCUT2D eigenvalue weighted by Crippen LogP contribution is -2.11. The molecule has 0 spiro atoms. The minimum atomic E-state index is -0.986. The number of aromatic nitrogens is 1.